The van der Waals surface area contributed by atoms with E-state index in [-0.39, 0.29) is 23.6 Å². The lowest BCUT2D eigenvalue weighted by atomic mass is 10.2. The number of fused-ring (bicyclic) bond motifs is 1. The van der Waals surface area contributed by atoms with Crippen LogP contribution in [0.5, 0.6) is 5.75 Å². The number of aryl methyl sites for hydroxylation is 1. The van der Waals surface area contributed by atoms with Crippen LogP contribution in [-0.2, 0) is 10.0 Å². The molecule has 7 nitrogen and oxygen atoms in total. The van der Waals surface area contributed by atoms with Crippen molar-refractivity contribution in [2.24, 2.45) is 5.73 Å². The third kappa shape index (κ3) is 4.90. The predicted octanol–water partition coefficient (Wildman–Crippen LogP) is 2.00. The van der Waals surface area contributed by atoms with Crippen LogP contribution in [0.1, 0.15) is 16.1 Å². The van der Waals surface area contributed by atoms with E-state index in [4.69, 9.17) is 10.5 Å². The molecule has 1 heterocycles. The minimum Gasteiger partial charge on any atom is -0.480 e. The second-order valence-corrected chi connectivity index (χ2v) is 7.84. The number of para-hydroxylation sites is 2. The average molecular weight is 409 g/mol. The zero-order chi connectivity index (χ0) is 20.9. The van der Waals surface area contributed by atoms with Gasteiger partial charge in [-0.25, -0.2) is 8.42 Å². The van der Waals surface area contributed by atoms with Crippen LogP contribution in [0.25, 0.3) is 10.9 Å². The lowest BCUT2D eigenvalue weighted by molar-refractivity contribution is 0.0997. The summed E-state index contributed by atoms with van der Waals surface area (Å²) in [4.78, 5) is 15.8. The third-order valence-corrected chi connectivity index (χ3v) is 5.47. The van der Waals surface area contributed by atoms with Crippen molar-refractivity contribution in [3.05, 3.63) is 65.9 Å². The van der Waals surface area contributed by atoms with E-state index in [0.29, 0.717) is 11.3 Å². The van der Waals surface area contributed by atoms with Crippen molar-refractivity contribution < 1.29 is 17.9 Å². The molecular formula is C21H19N3O4S. The number of benzene rings is 2. The molecule has 0 fully saturated rings. The zero-order valence-corrected chi connectivity index (χ0v) is 16.5. The highest BCUT2D eigenvalue weighted by Crippen LogP contribution is 2.21. The van der Waals surface area contributed by atoms with Crippen LogP contribution < -0.4 is 15.2 Å². The van der Waals surface area contributed by atoms with E-state index >= 15 is 0 Å². The highest BCUT2D eigenvalue weighted by Gasteiger charge is 2.17. The lowest BCUT2D eigenvalue weighted by Crippen LogP contribution is -2.24. The second-order valence-electron chi connectivity index (χ2n) is 6.11. The lowest BCUT2D eigenvalue weighted by Gasteiger charge is -2.08. The summed E-state index contributed by atoms with van der Waals surface area (Å²) in [6.07, 6.45) is 0. The maximum Gasteiger partial charge on any atom is 0.252 e. The van der Waals surface area contributed by atoms with E-state index in [1.165, 1.54) is 6.07 Å². The topological polar surface area (TPSA) is 111 Å². The fourth-order valence-electron chi connectivity index (χ4n) is 2.67. The van der Waals surface area contributed by atoms with Crippen molar-refractivity contribution in [1.82, 2.24) is 9.71 Å². The Morgan fingerprint density at radius 2 is 1.90 bits per heavy atom. The van der Waals surface area contributed by atoms with Gasteiger partial charge in [0.25, 0.3) is 5.91 Å². The summed E-state index contributed by atoms with van der Waals surface area (Å²) in [7, 11) is -3.78. The van der Waals surface area contributed by atoms with Crippen molar-refractivity contribution in [3.8, 4) is 17.6 Å². The van der Waals surface area contributed by atoms with Crippen molar-refractivity contribution in [3.63, 3.8) is 0 Å². The number of primary amides is 1. The van der Waals surface area contributed by atoms with Gasteiger partial charge in [0.05, 0.1) is 17.6 Å². The standard InChI is InChI=1S/C21H19N3O4S/c1-15-11-12-16-7-6-10-19(20(16)24-15)29(26,27)23-13-4-5-14-28-18-9-3-2-8-17(18)21(22)25/h2-3,6-12,23H,13-14H2,1H3,(H2,22,25). The molecule has 0 bridgehead atoms. The maximum atomic E-state index is 12.6. The van der Waals surface area contributed by atoms with Crippen LogP contribution >= 0.6 is 0 Å². The van der Waals surface area contributed by atoms with Crippen LogP contribution in [0.3, 0.4) is 0 Å². The second kappa shape index (κ2) is 8.73. The Bertz CT molecular complexity index is 1230. The molecule has 2 aromatic carbocycles. The van der Waals surface area contributed by atoms with Crippen molar-refractivity contribution in [2.75, 3.05) is 13.2 Å². The number of carbonyl (C=O) groups excluding carboxylic acids is 1. The van der Waals surface area contributed by atoms with Gasteiger partial charge in [0, 0.05) is 11.1 Å². The number of carbonyl (C=O) groups is 1. The van der Waals surface area contributed by atoms with Crippen LogP contribution in [0.4, 0.5) is 0 Å². The summed E-state index contributed by atoms with van der Waals surface area (Å²) in [6, 6.07) is 15.2. The van der Waals surface area contributed by atoms with Gasteiger partial charge in [-0.2, -0.15) is 4.72 Å². The molecule has 0 aliphatic carbocycles. The summed E-state index contributed by atoms with van der Waals surface area (Å²) in [5.74, 6) is 5.12. The fourth-order valence-corrected chi connectivity index (χ4v) is 3.76. The van der Waals surface area contributed by atoms with Crippen molar-refractivity contribution in [2.45, 2.75) is 11.8 Å². The number of hydrogen-bond acceptors (Lipinski definition) is 5. The van der Waals surface area contributed by atoms with Gasteiger partial charge in [-0.05, 0) is 31.2 Å². The molecule has 3 rings (SSSR count). The molecule has 3 N–H and O–H groups in total. The van der Waals surface area contributed by atoms with E-state index in [1.54, 1.807) is 37.3 Å². The third-order valence-electron chi connectivity index (χ3n) is 4.04. The molecule has 0 atom stereocenters. The Morgan fingerprint density at radius 3 is 2.69 bits per heavy atom. The van der Waals surface area contributed by atoms with E-state index in [9.17, 15) is 13.2 Å². The Morgan fingerprint density at radius 1 is 1.10 bits per heavy atom. The molecule has 1 amide bonds. The molecule has 8 heteroatoms. The number of sulfonamides is 1. The number of amides is 1. The van der Waals surface area contributed by atoms with Crippen LogP contribution in [-0.4, -0.2) is 32.5 Å². The van der Waals surface area contributed by atoms with Crippen LogP contribution in [0.2, 0.25) is 0 Å². The number of nitrogens with two attached hydrogens (primary N) is 1. The average Bonchev–Trinajstić information content (AvgIpc) is 2.70. The van der Waals surface area contributed by atoms with Gasteiger partial charge in [-0.1, -0.05) is 42.2 Å². The number of nitrogens with zero attached hydrogens (tertiary/aromatic N) is 1. The van der Waals surface area contributed by atoms with Gasteiger partial charge >= 0.3 is 0 Å². The number of ether oxygens (including phenoxy) is 1. The molecule has 0 spiro atoms. The Labute approximate surface area is 169 Å². The summed E-state index contributed by atoms with van der Waals surface area (Å²) in [5.41, 5.74) is 6.69. The monoisotopic (exact) mass is 409 g/mol. The van der Waals surface area contributed by atoms with Crippen molar-refractivity contribution in [1.29, 1.82) is 0 Å². The van der Waals surface area contributed by atoms with Gasteiger partial charge in [-0.15, -0.1) is 0 Å². The SMILES string of the molecule is Cc1ccc2cccc(S(=O)(=O)NCC#CCOc3ccccc3C(N)=O)c2n1. The summed E-state index contributed by atoms with van der Waals surface area (Å²) in [6.45, 7) is 1.70. The first-order valence-electron chi connectivity index (χ1n) is 8.72. The van der Waals surface area contributed by atoms with Gasteiger partial charge in [0.15, 0.2) is 0 Å². The summed E-state index contributed by atoms with van der Waals surface area (Å²) >= 11 is 0. The Kier molecular flexibility index (Phi) is 6.12. The predicted molar refractivity (Wildman–Crippen MR) is 110 cm³/mol. The van der Waals surface area contributed by atoms with Crippen molar-refractivity contribution >= 4 is 26.8 Å². The molecule has 29 heavy (non-hydrogen) atoms. The summed E-state index contributed by atoms with van der Waals surface area (Å²) < 4.78 is 33.1. The first-order chi connectivity index (χ1) is 13.9. The Hall–Kier alpha value is -3.41. The van der Waals surface area contributed by atoms with Gasteiger partial charge < -0.3 is 10.5 Å². The number of pyridine rings is 1. The highest BCUT2D eigenvalue weighted by molar-refractivity contribution is 7.89. The summed E-state index contributed by atoms with van der Waals surface area (Å²) in [5, 5.41) is 0.742. The van der Waals surface area contributed by atoms with Crippen LogP contribution in [0.15, 0.2) is 59.5 Å². The number of aromatic nitrogens is 1. The molecule has 0 saturated heterocycles. The largest absolute Gasteiger partial charge is 0.480 e. The quantitative estimate of drug-likeness (QED) is 0.605. The molecule has 0 aliphatic rings. The number of hydrogen-bond donors (Lipinski definition) is 2. The Balaban J connectivity index is 1.65. The molecule has 0 saturated carbocycles. The molecule has 3 aromatic rings. The molecule has 0 unspecified atom stereocenters. The van der Waals surface area contributed by atoms with E-state index in [2.05, 4.69) is 21.5 Å². The van der Waals surface area contributed by atoms with Gasteiger partial charge in [0.2, 0.25) is 10.0 Å². The molecule has 0 aliphatic heterocycles. The first kappa shape index (κ1) is 20.3. The number of nitrogens with one attached hydrogen (secondary N) is 1. The van der Waals surface area contributed by atoms with Gasteiger partial charge in [0.1, 0.15) is 17.3 Å². The highest BCUT2D eigenvalue weighted by atomic mass is 32.2. The minimum absolute atomic E-state index is 0.0129. The van der Waals surface area contributed by atoms with E-state index < -0.39 is 15.9 Å². The van der Waals surface area contributed by atoms with Crippen LogP contribution in [0, 0.1) is 18.8 Å². The normalized spacial score (nSPS) is 10.9. The maximum absolute atomic E-state index is 12.6. The zero-order valence-electron chi connectivity index (χ0n) is 15.7. The van der Waals surface area contributed by atoms with E-state index in [1.807, 2.05) is 18.2 Å². The molecule has 0 radical (unpaired) electrons. The smallest absolute Gasteiger partial charge is 0.252 e. The van der Waals surface area contributed by atoms with Gasteiger partial charge in [-0.3, -0.25) is 9.78 Å². The minimum atomic E-state index is -3.78. The molecule has 148 valence electrons. The first-order valence-corrected chi connectivity index (χ1v) is 10.2. The molecular weight excluding hydrogens is 390 g/mol. The molecule has 1 aromatic heterocycles. The number of rotatable bonds is 6. The van der Waals surface area contributed by atoms with E-state index in [0.717, 1.165) is 11.1 Å². The fraction of sp³-hybridized carbons (Fsp3) is 0.143.